The first-order valence-corrected chi connectivity index (χ1v) is 8.94. The molecule has 2 amide bonds. The first-order chi connectivity index (χ1) is 12.2. The topological polar surface area (TPSA) is 67.9 Å². The Morgan fingerprint density at radius 1 is 1.31 bits per heavy atom. The summed E-state index contributed by atoms with van der Waals surface area (Å²) in [5.41, 5.74) is 0.184. The summed E-state index contributed by atoms with van der Waals surface area (Å²) in [6.07, 6.45) is 1.27. The first kappa shape index (κ1) is 18.6. The molecule has 26 heavy (non-hydrogen) atoms. The summed E-state index contributed by atoms with van der Waals surface area (Å²) >= 11 is 0. The number of carbonyl (C=O) groups excluding carboxylic acids is 2. The van der Waals surface area contributed by atoms with Crippen LogP contribution in [0.25, 0.3) is 0 Å². The van der Waals surface area contributed by atoms with Crippen LogP contribution in [0.2, 0.25) is 0 Å². The van der Waals surface area contributed by atoms with Gasteiger partial charge in [0.25, 0.3) is 0 Å². The highest BCUT2D eigenvalue weighted by molar-refractivity contribution is 5.80. The molecule has 1 heterocycles. The van der Waals surface area contributed by atoms with Crippen LogP contribution in [0.5, 0.6) is 0 Å². The summed E-state index contributed by atoms with van der Waals surface area (Å²) < 4.78 is 18.7. The molecule has 6 nitrogen and oxygen atoms in total. The lowest BCUT2D eigenvalue weighted by Gasteiger charge is -2.37. The van der Waals surface area contributed by atoms with Gasteiger partial charge >= 0.3 is 6.09 Å². The Morgan fingerprint density at radius 3 is 2.69 bits per heavy atom. The van der Waals surface area contributed by atoms with E-state index < -0.39 is 11.7 Å². The number of alkyl carbamates (subject to hydrolysis) is 1. The maximum atomic E-state index is 13.5. The van der Waals surface area contributed by atoms with Crippen molar-refractivity contribution in [2.45, 2.75) is 57.7 Å². The first-order valence-electron chi connectivity index (χ1n) is 8.94. The summed E-state index contributed by atoms with van der Waals surface area (Å²) in [5.74, 6) is -0.643. The highest BCUT2D eigenvalue weighted by atomic mass is 19.1. The fraction of sp³-hybridized carbons (Fsp3) is 0.579. The van der Waals surface area contributed by atoms with Gasteiger partial charge in [-0.25, -0.2) is 14.2 Å². The van der Waals surface area contributed by atoms with E-state index in [1.54, 1.807) is 32.9 Å². The molecule has 3 rings (SSSR count). The van der Waals surface area contributed by atoms with Crippen molar-refractivity contribution in [3.8, 4) is 0 Å². The molecule has 1 aromatic carbocycles. The van der Waals surface area contributed by atoms with E-state index in [0.717, 1.165) is 5.56 Å². The SMILES string of the molecule is CC(C)(C)OC(=O)N[C@H]1C[C@@H](C(=O)N2OCC[C@H]2c2cccc(F)c2)C1. The Bertz CT molecular complexity index is 682. The molecule has 1 atom stereocenters. The van der Waals surface area contributed by atoms with Crippen LogP contribution in [0.1, 0.15) is 51.6 Å². The van der Waals surface area contributed by atoms with Crippen LogP contribution < -0.4 is 5.32 Å². The number of ether oxygens (including phenoxy) is 1. The molecule has 0 unspecified atom stereocenters. The second kappa shape index (κ2) is 7.23. The third kappa shape index (κ3) is 4.33. The Kier molecular flexibility index (Phi) is 5.18. The van der Waals surface area contributed by atoms with E-state index >= 15 is 0 Å². The molecule has 0 radical (unpaired) electrons. The van der Waals surface area contributed by atoms with Crippen LogP contribution in [0.15, 0.2) is 24.3 Å². The Balaban J connectivity index is 1.53. The van der Waals surface area contributed by atoms with Crippen LogP contribution in [-0.2, 0) is 14.4 Å². The number of hydrogen-bond acceptors (Lipinski definition) is 4. The Hall–Kier alpha value is -2.15. The van der Waals surface area contributed by atoms with Gasteiger partial charge in [0.1, 0.15) is 11.4 Å². The minimum absolute atomic E-state index is 0.0750. The second-order valence-corrected chi connectivity index (χ2v) is 7.87. The molecule has 0 bridgehead atoms. The van der Waals surface area contributed by atoms with E-state index in [4.69, 9.17) is 9.57 Å². The fourth-order valence-corrected chi connectivity index (χ4v) is 3.29. The molecular formula is C19H25FN2O4. The predicted octanol–water partition coefficient (Wildman–Crippen LogP) is 3.33. The van der Waals surface area contributed by atoms with Crippen LogP contribution in [0.3, 0.4) is 0 Å². The zero-order valence-corrected chi connectivity index (χ0v) is 15.3. The molecule has 0 spiro atoms. The number of nitrogens with zero attached hydrogens (tertiary/aromatic N) is 1. The molecule has 1 aliphatic carbocycles. The van der Waals surface area contributed by atoms with Crippen LogP contribution in [-0.4, -0.2) is 35.3 Å². The number of hydrogen-bond donors (Lipinski definition) is 1. The second-order valence-electron chi connectivity index (χ2n) is 7.87. The highest BCUT2D eigenvalue weighted by Crippen LogP contribution is 2.36. The molecule has 2 fully saturated rings. The van der Waals surface area contributed by atoms with Crippen molar-refractivity contribution in [1.82, 2.24) is 10.4 Å². The number of benzene rings is 1. The maximum absolute atomic E-state index is 13.5. The van der Waals surface area contributed by atoms with Gasteiger partial charge in [0.05, 0.1) is 12.6 Å². The Morgan fingerprint density at radius 2 is 2.04 bits per heavy atom. The number of halogens is 1. The van der Waals surface area contributed by atoms with Gasteiger partial charge < -0.3 is 10.1 Å². The molecule has 7 heteroatoms. The zero-order valence-electron chi connectivity index (χ0n) is 15.3. The molecule has 1 saturated carbocycles. The van der Waals surface area contributed by atoms with E-state index in [-0.39, 0.29) is 29.7 Å². The summed E-state index contributed by atoms with van der Waals surface area (Å²) in [6, 6.07) is 5.91. The smallest absolute Gasteiger partial charge is 0.407 e. The minimum Gasteiger partial charge on any atom is -0.444 e. The molecule has 1 N–H and O–H groups in total. The molecule has 0 aromatic heterocycles. The number of rotatable bonds is 3. The van der Waals surface area contributed by atoms with Crippen molar-refractivity contribution in [2.75, 3.05) is 6.61 Å². The van der Waals surface area contributed by atoms with Gasteiger partial charge in [-0.05, 0) is 51.3 Å². The lowest BCUT2D eigenvalue weighted by molar-refractivity contribution is -0.185. The third-order valence-electron chi connectivity index (χ3n) is 4.56. The van der Waals surface area contributed by atoms with Gasteiger partial charge in [0.15, 0.2) is 0 Å². The average molecular weight is 364 g/mol. The molecule has 2 aliphatic rings. The monoisotopic (exact) mass is 364 g/mol. The number of carbonyl (C=O) groups is 2. The van der Waals surface area contributed by atoms with Crippen LogP contribution in [0, 0.1) is 11.7 Å². The van der Waals surface area contributed by atoms with Gasteiger partial charge in [-0.3, -0.25) is 9.63 Å². The predicted molar refractivity (Wildman–Crippen MR) is 92.4 cm³/mol. The fourth-order valence-electron chi connectivity index (χ4n) is 3.29. The molecular weight excluding hydrogens is 339 g/mol. The number of nitrogens with one attached hydrogen (secondary N) is 1. The van der Waals surface area contributed by atoms with Crippen LogP contribution >= 0.6 is 0 Å². The lowest BCUT2D eigenvalue weighted by atomic mass is 9.79. The third-order valence-corrected chi connectivity index (χ3v) is 4.56. The lowest BCUT2D eigenvalue weighted by Crippen LogP contribution is -2.50. The van der Waals surface area contributed by atoms with E-state index in [0.29, 0.717) is 25.9 Å². The van der Waals surface area contributed by atoms with Crippen molar-refractivity contribution >= 4 is 12.0 Å². The number of hydroxylamine groups is 2. The normalized spacial score (nSPS) is 25.5. The summed E-state index contributed by atoms with van der Waals surface area (Å²) in [7, 11) is 0. The molecule has 142 valence electrons. The van der Waals surface area contributed by atoms with E-state index in [2.05, 4.69) is 5.32 Å². The van der Waals surface area contributed by atoms with Crippen molar-refractivity contribution in [3.63, 3.8) is 0 Å². The van der Waals surface area contributed by atoms with E-state index in [1.165, 1.54) is 17.2 Å². The van der Waals surface area contributed by atoms with Gasteiger partial charge in [-0.15, -0.1) is 0 Å². The quantitative estimate of drug-likeness (QED) is 0.893. The van der Waals surface area contributed by atoms with Gasteiger partial charge in [0, 0.05) is 18.4 Å². The maximum Gasteiger partial charge on any atom is 0.407 e. The van der Waals surface area contributed by atoms with E-state index in [1.807, 2.05) is 0 Å². The standard InChI is InChI=1S/C19H25FN2O4/c1-19(2,3)26-18(24)21-15-10-13(11-15)17(23)22-16(7-8-25-22)12-5-4-6-14(20)9-12/h4-6,9,13,15-16H,7-8,10-11H2,1-3H3,(H,21,24)/t13-,15+,16-/m0/s1. The van der Waals surface area contributed by atoms with Crippen LogP contribution in [0.4, 0.5) is 9.18 Å². The Labute approximate surface area is 152 Å². The van der Waals surface area contributed by atoms with Gasteiger partial charge in [0.2, 0.25) is 5.91 Å². The summed E-state index contributed by atoms with van der Waals surface area (Å²) in [5, 5.41) is 4.15. The van der Waals surface area contributed by atoms with E-state index in [9.17, 15) is 14.0 Å². The highest BCUT2D eigenvalue weighted by Gasteiger charge is 2.42. The molecule has 1 saturated heterocycles. The summed E-state index contributed by atoms with van der Waals surface area (Å²) in [6.45, 7) is 5.84. The average Bonchev–Trinajstić information content (AvgIpc) is 2.97. The number of amides is 2. The van der Waals surface area contributed by atoms with Gasteiger partial charge in [-0.2, -0.15) is 0 Å². The molecule has 1 aliphatic heterocycles. The molecule has 1 aromatic rings. The summed E-state index contributed by atoms with van der Waals surface area (Å²) in [4.78, 5) is 30.0. The van der Waals surface area contributed by atoms with Crippen molar-refractivity contribution in [3.05, 3.63) is 35.6 Å². The van der Waals surface area contributed by atoms with Gasteiger partial charge in [-0.1, -0.05) is 12.1 Å². The minimum atomic E-state index is -0.551. The largest absolute Gasteiger partial charge is 0.444 e. The zero-order chi connectivity index (χ0) is 18.9. The van der Waals surface area contributed by atoms with Crippen molar-refractivity contribution < 1.29 is 23.6 Å². The van der Waals surface area contributed by atoms with Crippen molar-refractivity contribution in [1.29, 1.82) is 0 Å². The van der Waals surface area contributed by atoms with Crippen molar-refractivity contribution in [2.24, 2.45) is 5.92 Å².